The van der Waals surface area contributed by atoms with E-state index in [2.05, 4.69) is 132 Å². The predicted octanol–water partition coefficient (Wildman–Crippen LogP) is 11.2. The minimum Gasteiger partial charge on any atom is -0.485 e. The van der Waals surface area contributed by atoms with Gasteiger partial charge in [-0.3, -0.25) is 0 Å². The monoisotopic (exact) mass is 618 g/mol. The molecule has 8 aromatic rings. The van der Waals surface area contributed by atoms with Crippen LogP contribution in [0.4, 0.5) is 11.4 Å². The van der Waals surface area contributed by atoms with Gasteiger partial charge in [-0.15, -0.1) is 0 Å². The zero-order chi connectivity index (χ0) is 31.3. The molecule has 2 unspecified atom stereocenters. The number of para-hydroxylation sites is 2. The number of furan rings is 1. The van der Waals surface area contributed by atoms with Gasteiger partial charge < -0.3 is 18.5 Å². The van der Waals surface area contributed by atoms with Crippen LogP contribution in [0.2, 0.25) is 0 Å². The number of fused-ring (bicyclic) bond motifs is 9. The fourth-order valence-electron chi connectivity index (χ4n) is 7.78. The number of aromatic nitrogens is 1. The average molecular weight is 619 g/mol. The van der Waals surface area contributed by atoms with E-state index in [1.165, 1.54) is 16.3 Å². The summed E-state index contributed by atoms with van der Waals surface area (Å²) in [5.41, 5.74) is 10.1. The molecule has 0 fully saturated rings. The van der Waals surface area contributed by atoms with Crippen LogP contribution in [-0.2, 0) is 0 Å². The Balaban J connectivity index is 1.00. The highest BCUT2D eigenvalue weighted by Crippen LogP contribution is 2.49. The molecule has 0 saturated carbocycles. The van der Waals surface area contributed by atoms with E-state index in [0.717, 1.165) is 72.9 Å². The van der Waals surface area contributed by atoms with Crippen LogP contribution in [0.1, 0.15) is 11.5 Å². The number of hydrogen-bond donors (Lipinski definition) is 0. The smallest absolute Gasteiger partial charge is 0.227 e. The highest BCUT2D eigenvalue weighted by atomic mass is 16.5. The van der Waals surface area contributed by atoms with E-state index in [9.17, 15) is 0 Å². The molecule has 0 saturated heterocycles. The summed E-state index contributed by atoms with van der Waals surface area (Å²) in [6.45, 7) is 0. The van der Waals surface area contributed by atoms with Gasteiger partial charge in [0.05, 0.1) is 0 Å². The standard InChI is InChI=1S/C43H26N2O3/c1-3-13-36-30(9-1)32-21-19-28(23-38(32)46-36)45(29-20-22-33-31-10-2-4-14-37(31)47-39(33)24-29)27-17-15-26(16-18-27)43-44-41-34-11-5-7-25-8-6-12-35(40(25)34)42(41)48-43/h1-24,32,38H. The second kappa shape index (κ2) is 9.60. The Morgan fingerprint density at radius 2 is 1.44 bits per heavy atom. The van der Waals surface area contributed by atoms with Gasteiger partial charge in [-0.2, -0.15) is 0 Å². The summed E-state index contributed by atoms with van der Waals surface area (Å²) in [5.74, 6) is 2.59. The van der Waals surface area contributed by atoms with E-state index < -0.39 is 0 Å². The number of allylic oxidation sites excluding steroid dienone is 1. The van der Waals surface area contributed by atoms with E-state index in [1.807, 2.05) is 18.2 Å². The lowest BCUT2D eigenvalue weighted by Gasteiger charge is -2.30. The minimum atomic E-state index is -0.0823. The summed E-state index contributed by atoms with van der Waals surface area (Å²) in [6.07, 6.45) is 6.62. The third kappa shape index (κ3) is 3.64. The maximum atomic E-state index is 6.47. The van der Waals surface area contributed by atoms with Crippen LogP contribution in [0, 0.1) is 0 Å². The molecule has 5 heteroatoms. The molecule has 0 N–H and O–H groups in total. The van der Waals surface area contributed by atoms with Crippen molar-refractivity contribution in [3.8, 4) is 39.8 Å². The Hall–Kier alpha value is -6.33. The van der Waals surface area contributed by atoms with Crippen molar-refractivity contribution in [3.63, 3.8) is 0 Å². The lowest BCUT2D eigenvalue weighted by Crippen LogP contribution is -2.24. The largest absolute Gasteiger partial charge is 0.485 e. The second-order valence-corrected chi connectivity index (χ2v) is 12.7. The van der Waals surface area contributed by atoms with Gasteiger partial charge in [0, 0.05) is 67.5 Å². The molecule has 6 aromatic carbocycles. The summed E-state index contributed by atoms with van der Waals surface area (Å²) in [5, 5.41) is 4.63. The highest BCUT2D eigenvalue weighted by molar-refractivity contribution is 6.13. The number of nitrogens with zero attached hydrogens (tertiary/aromatic N) is 2. The fourth-order valence-corrected chi connectivity index (χ4v) is 7.78. The summed E-state index contributed by atoms with van der Waals surface area (Å²) in [4.78, 5) is 7.27. The summed E-state index contributed by atoms with van der Waals surface area (Å²) >= 11 is 0. The van der Waals surface area contributed by atoms with Crippen LogP contribution in [0.3, 0.4) is 0 Å². The van der Waals surface area contributed by atoms with Crippen molar-refractivity contribution in [1.29, 1.82) is 0 Å². The Morgan fingerprint density at radius 3 is 2.35 bits per heavy atom. The van der Waals surface area contributed by atoms with Crippen LogP contribution >= 0.6 is 0 Å². The van der Waals surface area contributed by atoms with E-state index in [1.54, 1.807) is 0 Å². The molecule has 0 amide bonds. The van der Waals surface area contributed by atoms with Crippen molar-refractivity contribution in [3.05, 3.63) is 157 Å². The van der Waals surface area contributed by atoms with Crippen LogP contribution in [0.15, 0.2) is 160 Å². The fraction of sp³-hybridized carbons (Fsp3) is 0.0465. The molecule has 2 aliphatic carbocycles. The Morgan fingerprint density at radius 1 is 0.646 bits per heavy atom. The van der Waals surface area contributed by atoms with E-state index in [-0.39, 0.29) is 12.0 Å². The van der Waals surface area contributed by atoms with Crippen molar-refractivity contribution in [1.82, 2.24) is 4.98 Å². The molecule has 3 heterocycles. The Kier molecular flexibility index (Phi) is 5.16. The van der Waals surface area contributed by atoms with Crippen molar-refractivity contribution in [2.24, 2.45) is 0 Å². The topological polar surface area (TPSA) is 51.6 Å². The lowest BCUT2D eigenvalue weighted by atomic mass is 9.90. The van der Waals surface area contributed by atoms with Crippen LogP contribution in [-0.4, -0.2) is 11.1 Å². The number of benzene rings is 6. The first-order valence-electron chi connectivity index (χ1n) is 16.3. The number of oxazole rings is 1. The summed E-state index contributed by atoms with van der Waals surface area (Å²) in [6, 6.07) is 44.1. The van der Waals surface area contributed by atoms with Gasteiger partial charge in [-0.05, 0) is 66.1 Å². The summed E-state index contributed by atoms with van der Waals surface area (Å²) < 4.78 is 19.2. The molecule has 0 spiro atoms. The van der Waals surface area contributed by atoms with Crippen molar-refractivity contribution < 1.29 is 13.6 Å². The van der Waals surface area contributed by atoms with Gasteiger partial charge in [0.1, 0.15) is 28.7 Å². The number of ether oxygens (including phenoxy) is 1. The third-order valence-electron chi connectivity index (χ3n) is 9.99. The quantitative estimate of drug-likeness (QED) is 0.196. The first-order valence-corrected chi connectivity index (χ1v) is 16.3. The third-order valence-corrected chi connectivity index (χ3v) is 9.99. The van der Waals surface area contributed by atoms with Crippen LogP contribution in [0.5, 0.6) is 5.75 Å². The maximum absolute atomic E-state index is 6.47. The average Bonchev–Trinajstić information content (AvgIpc) is 3.90. The van der Waals surface area contributed by atoms with Crippen molar-refractivity contribution >= 4 is 44.1 Å². The Bertz CT molecular complexity index is 2620. The molecule has 2 atom stereocenters. The SMILES string of the molecule is C1=CC2c3ccccc3OC2C=C1N(c1ccc(-c2nc3c(o2)-c2cccc4cccc-3c24)cc1)c1ccc2c(c1)oc1ccccc12. The highest BCUT2D eigenvalue weighted by Gasteiger charge is 2.34. The zero-order valence-corrected chi connectivity index (χ0v) is 25.6. The lowest BCUT2D eigenvalue weighted by molar-refractivity contribution is 0.267. The zero-order valence-electron chi connectivity index (χ0n) is 25.6. The first-order chi connectivity index (χ1) is 23.8. The molecular weight excluding hydrogens is 592 g/mol. The maximum Gasteiger partial charge on any atom is 0.227 e. The van der Waals surface area contributed by atoms with Gasteiger partial charge in [0.2, 0.25) is 5.89 Å². The minimum absolute atomic E-state index is 0.0823. The van der Waals surface area contributed by atoms with E-state index >= 15 is 0 Å². The summed E-state index contributed by atoms with van der Waals surface area (Å²) in [7, 11) is 0. The van der Waals surface area contributed by atoms with E-state index in [0.29, 0.717) is 5.89 Å². The molecule has 48 heavy (non-hydrogen) atoms. The van der Waals surface area contributed by atoms with Gasteiger partial charge in [0.15, 0.2) is 5.76 Å². The first kappa shape index (κ1) is 25.8. The van der Waals surface area contributed by atoms with Gasteiger partial charge in [0.25, 0.3) is 0 Å². The molecule has 3 aliphatic rings. The molecule has 226 valence electrons. The number of hydrogen-bond acceptors (Lipinski definition) is 5. The van der Waals surface area contributed by atoms with Gasteiger partial charge >= 0.3 is 0 Å². The van der Waals surface area contributed by atoms with Crippen molar-refractivity contribution in [2.75, 3.05) is 4.90 Å². The van der Waals surface area contributed by atoms with Crippen molar-refractivity contribution in [2.45, 2.75) is 12.0 Å². The van der Waals surface area contributed by atoms with E-state index in [4.69, 9.17) is 18.6 Å². The predicted molar refractivity (Wildman–Crippen MR) is 191 cm³/mol. The molecule has 5 nitrogen and oxygen atoms in total. The Labute approximate surface area is 275 Å². The number of anilines is 2. The molecule has 2 aromatic heterocycles. The molecule has 1 aliphatic heterocycles. The molecular formula is C43H26N2O3. The second-order valence-electron chi connectivity index (χ2n) is 12.7. The molecule has 0 radical (unpaired) electrons. The van der Waals surface area contributed by atoms with Crippen LogP contribution < -0.4 is 9.64 Å². The number of rotatable bonds is 4. The normalized spacial score (nSPS) is 17.0. The van der Waals surface area contributed by atoms with Gasteiger partial charge in [-0.25, -0.2) is 4.98 Å². The molecule has 0 bridgehead atoms. The molecule has 11 rings (SSSR count). The van der Waals surface area contributed by atoms with Crippen LogP contribution in [0.25, 0.3) is 66.7 Å². The van der Waals surface area contributed by atoms with Gasteiger partial charge in [-0.1, -0.05) is 78.9 Å².